The highest BCUT2D eigenvalue weighted by atomic mass is 16.5. The Morgan fingerprint density at radius 2 is 1.31 bits per heavy atom. The molecule has 0 spiro atoms. The summed E-state index contributed by atoms with van der Waals surface area (Å²) >= 11 is 0. The lowest BCUT2D eigenvalue weighted by Gasteiger charge is -2.23. The summed E-state index contributed by atoms with van der Waals surface area (Å²) in [5, 5.41) is 9.65. The van der Waals surface area contributed by atoms with E-state index in [-0.39, 0.29) is 12.5 Å². The molecule has 0 aliphatic rings. The average Bonchev–Trinajstić information content (AvgIpc) is 2.70. The molecule has 0 aliphatic carbocycles. The molecule has 0 saturated carbocycles. The van der Waals surface area contributed by atoms with Crippen molar-refractivity contribution >= 4 is 0 Å². The van der Waals surface area contributed by atoms with Crippen molar-refractivity contribution in [2.75, 3.05) is 42.2 Å². The molecule has 0 radical (unpaired) electrons. The van der Waals surface area contributed by atoms with Crippen LogP contribution in [0.4, 0.5) is 0 Å². The first-order valence-corrected chi connectivity index (χ1v) is 8.26. The van der Waals surface area contributed by atoms with Crippen LogP contribution in [0.1, 0.15) is 23.5 Å². The van der Waals surface area contributed by atoms with E-state index in [9.17, 15) is 5.11 Å². The standard InChI is InChI=1S/C20H26O6/c1-22-14-11-18(25-4)20(19(12-14)26-5)15(8-9-21)13-6-7-16(23-2)17(10-13)24-3/h6-7,10-12,15,21H,8-9H2,1-5H3. The zero-order valence-corrected chi connectivity index (χ0v) is 15.9. The molecule has 1 unspecified atom stereocenters. The first-order valence-electron chi connectivity index (χ1n) is 8.26. The van der Waals surface area contributed by atoms with Gasteiger partial charge in [0.15, 0.2) is 11.5 Å². The number of aliphatic hydroxyl groups is 1. The number of aliphatic hydroxyl groups excluding tert-OH is 1. The van der Waals surface area contributed by atoms with Crippen molar-refractivity contribution in [1.29, 1.82) is 0 Å². The Hall–Kier alpha value is -2.60. The van der Waals surface area contributed by atoms with E-state index in [0.717, 1.165) is 11.1 Å². The normalized spacial score (nSPS) is 11.6. The van der Waals surface area contributed by atoms with Crippen LogP contribution in [0.5, 0.6) is 28.7 Å². The van der Waals surface area contributed by atoms with Crippen molar-refractivity contribution in [1.82, 2.24) is 0 Å². The molecule has 2 aromatic rings. The van der Waals surface area contributed by atoms with Gasteiger partial charge in [0.05, 0.1) is 35.5 Å². The minimum Gasteiger partial charge on any atom is -0.496 e. The summed E-state index contributed by atoms with van der Waals surface area (Å²) in [6, 6.07) is 9.32. The Labute approximate surface area is 154 Å². The van der Waals surface area contributed by atoms with Gasteiger partial charge in [0.1, 0.15) is 17.2 Å². The van der Waals surface area contributed by atoms with Gasteiger partial charge in [-0.15, -0.1) is 0 Å². The van der Waals surface area contributed by atoms with E-state index in [1.165, 1.54) is 0 Å². The van der Waals surface area contributed by atoms with Crippen LogP contribution >= 0.6 is 0 Å². The third-order valence-corrected chi connectivity index (χ3v) is 4.33. The van der Waals surface area contributed by atoms with Crippen molar-refractivity contribution in [2.24, 2.45) is 0 Å². The van der Waals surface area contributed by atoms with E-state index < -0.39 is 0 Å². The predicted molar refractivity (Wildman–Crippen MR) is 99.2 cm³/mol. The van der Waals surface area contributed by atoms with E-state index in [2.05, 4.69) is 0 Å². The first kappa shape index (κ1) is 19.7. The lowest BCUT2D eigenvalue weighted by atomic mass is 9.87. The highest BCUT2D eigenvalue weighted by molar-refractivity contribution is 5.56. The molecule has 0 heterocycles. The molecule has 142 valence electrons. The Kier molecular flexibility index (Phi) is 6.97. The molecular formula is C20H26O6. The molecule has 0 bridgehead atoms. The third kappa shape index (κ3) is 3.96. The van der Waals surface area contributed by atoms with Crippen molar-refractivity contribution in [3.63, 3.8) is 0 Å². The maximum atomic E-state index is 9.65. The van der Waals surface area contributed by atoms with Crippen LogP contribution in [0.15, 0.2) is 30.3 Å². The quantitative estimate of drug-likeness (QED) is 0.739. The zero-order chi connectivity index (χ0) is 19.1. The number of benzene rings is 2. The second-order valence-corrected chi connectivity index (χ2v) is 5.62. The van der Waals surface area contributed by atoms with E-state index in [4.69, 9.17) is 23.7 Å². The van der Waals surface area contributed by atoms with Gasteiger partial charge in [0.25, 0.3) is 0 Å². The molecule has 0 aromatic heterocycles. The minimum atomic E-state index is -0.157. The number of rotatable bonds is 9. The predicted octanol–water partition coefficient (Wildman–Crippen LogP) is 3.24. The summed E-state index contributed by atoms with van der Waals surface area (Å²) in [5.41, 5.74) is 1.80. The van der Waals surface area contributed by atoms with Gasteiger partial charge in [-0.25, -0.2) is 0 Å². The van der Waals surface area contributed by atoms with Gasteiger partial charge < -0.3 is 28.8 Å². The zero-order valence-electron chi connectivity index (χ0n) is 15.9. The van der Waals surface area contributed by atoms with Crippen LogP contribution in [-0.4, -0.2) is 47.3 Å². The molecule has 1 atom stereocenters. The molecule has 0 aliphatic heterocycles. The van der Waals surface area contributed by atoms with E-state index in [0.29, 0.717) is 35.2 Å². The molecule has 2 rings (SSSR count). The maximum absolute atomic E-state index is 9.65. The Morgan fingerprint density at radius 1 is 0.731 bits per heavy atom. The molecule has 0 saturated heterocycles. The fraction of sp³-hybridized carbons (Fsp3) is 0.400. The molecule has 0 fully saturated rings. The summed E-state index contributed by atoms with van der Waals surface area (Å²) < 4.78 is 27.2. The summed E-state index contributed by atoms with van der Waals surface area (Å²) in [6.45, 7) is 0.0113. The fourth-order valence-corrected chi connectivity index (χ4v) is 3.05. The summed E-state index contributed by atoms with van der Waals surface area (Å²) in [5.74, 6) is 3.02. The molecule has 26 heavy (non-hydrogen) atoms. The van der Waals surface area contributed by atoms with Crippen molar-refractivity contribution in [3.05, 3.63) is 41.5 Å². The van der Waals surface area contributed by atoms with Crippen molar-refractivity contribution in [2.45, 2.75) is 12.3 Å². The maximum Gasteiger partial charge on any atom is 0.161 e. The highest BCUT2D eigenvalue weighted by Gasteiger charge is 2.25. The van der Waals surface area contributed by atoms with Gasteiger partial charge in [0, 0.05) is 30.2 Å². The molecule has 1 N–H and O–H groups in total. The van der Waals surface area contributed by atoms with Crippen LogP contribution in [0.25, 0.3) is 0 Å². The van der Waals surface area contributed by atoms with E-state index in [1.807, 2.05) is 30.3 Å². The Balaban J connectivity index is 2.64. The van der Waals surface area contributed by atoms with Crippen LogP contribution in [0.2, 0.25) is 0 Å². The largest absolute Gasteiger partial charge is 0.496 e. The smallest absolute Gasteiger partial charge is 0.161 e. The van der Waals surface area contributed by atoms with Crippen LogP contribution in [0.3, 0.4) is 0 Å². The average molecular weight is 362 g/mol. The van der Waals surface area contributed by atoms with Gasteiger partial charge in [0.2, 0.25) is 0 Å². The molecule has 6 heteroatoms. The van der Waals surface area contributed by atoms with Crippen LogP contribution < -0.4 is 23.7 Å². The summed E-state index contributed by atoms with van der Waals surface area (Å²) in [4.78, 5) is 0. The number of hydrogen-bond acceptors (Lipinski definition) is 6. The van der Waals surface area contributed by atoms with E-state index in [1.54, 1.807) is 35.5 Å². The van der Waals surface area contributed by atoms with Gasteiger partial charge >= 0.3 is 0 Å². The minimum absolute atomic E-state index is 0.0113. The monoisotopic (exact) mass is 362 g/mol. The fourth-order valence-electron chi connectivity index (χ4n) is 3.05. The highest BCUT2D eigenvalue weighted by Crippen LogP contribution is 2.44. The van der Waals surface area contributed by atoms with Crippen molar-refractivity contribution in [3.8, 4) is 28.7 Å². The second-order valence-electron chi connectivity index (χ2n) is 5.62. The lowest BCUT2D eigenvalue weighted by Crippen LogP contribution is -2.09. The first-order chi connectivity index (χ1) is 12.6. The topological polar surface area (TPSA) is 66.4 Å². The van der Waals surface area contributed by atoms with Crippen LogP contribution in [0, 0.1) is 0 Å². The van der Waals surface area contributed by atoms with E-state index >= 15 is 0 Å². The Morgan fingerprint density at radius 3 is 1.77 bits per heavy atom. The SMILES string of the molecule is COc1cc(OC)c(C(CCO)c2ccc(OC)c(OC)c2)c(OC)c1. The lowest BCUT2D eigenvalue weighted by molar-refractivity contribution is 0.278. The van der Waals surface area contributed by atoms with Gasteiger partial charge in [-0.2, -0.15) is 0 Å². The van der Waals surface area contributed by atoms with Gasteiger partial charge in [-0.05, 0) is 24.1 Å². The second kappa shape index (κ2) is 9.20. The van der Waals surface area contributed by atoms with Gasteiger partial charge in [-0.3, -0.25) is 0 Å². The Bertz CT molecular complexity index is 703. The number of hydrogen-bond donors (Lipinski definition) is 1. The van der Waals surface area contributed by atoms with Crippen molar-refractivity contribution < 1.29 is 28.8 Å². The molecule has 6 nitrogen and oxygen atoms in total. The molecular weight excluding hydrogens is 336 g/mol. The third-order valence-electron chi connectivity index (χ3n) is 4.33. The summed E-state index contributed by atoms with van der Waals surface area (Å²) in [6.07, 6.45) is 0.495. The number of ether oxygens (including phenoxy) is 5. The van der Waals surface area contributed by atoms with Crippen LogP contribution in [-0.2, 0) is 0 Å². The molecule has 0 amide bonds. The summed E-state index contributed by atoms with van der Waals surface area (Å²) in [7, 11) is 7.98. The number of methoxy groups -OCH3 is 5. The molecule has 2 aromatic carbocycles. The van der Waals surface area contributed by atoms with Gasteiger partial charge in [-0.1, -0.05) is 6.07 Å².